The predicted octanol–water partition coefficient (Wildman–Crippen LogP) is 0.806. The van der Waals surface area contributed by atoms with Gasteiger partial charge in [0.05, 0.1) is 6.61 Å². The maximum absolute atomic E-state index is 13.0. The molecular formula is C14H29N3O3S. The van der Waals surface area contributed by atoms with E-state index in [1.807, 2.05) is 0 Å². The highest BCUT2D eigenvalue weighted by molar-refractivity contribution is 7.86. The van der Waals surface area contributed by atoms with Gasteiger partial charge in [-0.15, -0.1) is 0 Å². The van der Waals surface area contributed by atoms with Crippen molar-refractivity contribution >= 4 is 10.2 Å². The number of hydrogen-bond donors (Lipinski definition) is 1. The number of methoxy groups -OCH3 is 1. The van der Waals surface area contributed by atoms with Crippen LogP contribution in [0.5, 0.6) is 0 Å². The van der Waals surface area contributed by atoms with Crippen molar-refractivity contribution in [3.8, 4) is 0 Å². The largest absolute Gasteiger partial charge is 0.383 e. The molecule has 1 atom stereocenters. The summed E-state index contributed by atoms with van der Waals surface area (Å²) in [6.07, 6.45) is 4.99. The van der Waals surface area contributed by atoms with Crippen molar-refractivity contribution in [2.24, 2.45) is 0 Å². The summed E-state index contributed by atoms with van der Waals surface area (Å²) in [5, 5.41) is 3.30. The van der Waals surface area contributed by atoms with E-state index in [2.05, 4.69) is 12.2 Å². The van der Waals surface area contributed by atoms with E-state index in [9.17, 15) is 8.42 Å². The van der Waals surface area contributed by atoms with Gasteiger partial charge >= 0.3 is 0 Å². The first-order valence-corrected chi connectivity index (χ1v) is 9.49. The molecular weight excluding hydrogens is 290 g/mol. The van der Waals surface area contributed by atoms with Gasteiger partial charge < -0.3 is 10.1 Å². The normalized spacial score (nSPS) is 24.6. The molecule has 0 amide bonds. The summed E-state index contributed by atoms with van der Waals surface area (Å²) in [7, 11) is -1.75. The van der Waals surface area contributed by atoms with E-state index in [4.69, 9.17) is 4.74 Å². The van der Waals surface area contributed by atoms with Gasteiger partial charge in [0.15, 0.2) is 0 Å². The second-order valence-electron chi connectivity index (χ2n) is 5.91. The van der Waals surface area contributed by atoms with Crippen molar-refractivity contribution in [3.63, 3.8) is 0 Å². The standard InChI is InChI=1S/C14H29N3O3S/c1-3-15-12-14-6-4-5-9-16(14)21(18,19)17(10-11-20-2)13-7-8-13/h13-15H,3-12H2,1-2H3. The van der Waals surface area contributed by atoms with Crippen LogP contribution < -0.4 is 5.32 Å². The number of nitrogens with zero attached hydrogens (tertiary/aromatic N) is 2. The molecule has 124 valence electrons. The number of ether oxygens (including phenoxy) is 1. The highest BCUT2D eigenvalue weighted by Crippen LogP contribution is 2.32. The second kappa shape index (κ2) is 7.87. The van der Waals surface area contributed by atoms with Gasteiger partial charge in [-0.2, -0.15) is 17.0 Å². The average Bonchev–Trinajstić information content (AvgIpc) is 3.30. The molecule has 1 saturated heterocycles. The van der Waals surface area contributed by atoms with Crippen molar-refractivity contribution in [2.75, 3.05) is 39.9 Å². The lowest BCUT2D eigenvalue weighted by Crippen LogP contribution is -2.54. The summed E-state index contributed by atoms with van der Waals surface area (Å²) in [5.74, 6) is 0. The van der Waals surface area contributed by atoms with E-state index < -0.39 is 10.2 Å². The highest BCUT2D eigenvalue weighted by Gasteiger charge is 2.42. The first-order chi connectivity index (χ1) is 10.1. The molecule has 0 aromatic carbocycles. The van der Waals surface area contributed by atoms with Gasteiger partial charge in [-0.05, 0) is 32.2 Å². The van der Waals surface area contributed by atoms with Crippen molar-refractivity contribution in [2.45, 2.75) is 51.1 Å². The first-order valence-electron chi connectivity index (χ1n) is 8.09. The summed E-state index contributed by atoms with van der Waals surface area (Å²) in [4.78, 5) is 0. The Morgan fingerprint density at radius 3 is 2.67 bits per heavy atom. The Morgan fingerprint density at radius 2 is 2.05 bits per heavy atom. The van der Waals surface area contributed by atoms with Crippen LogP contribution in [0.25, 0.3) is 0 Å². The van der Waals surface area contributed by atoms with Crippen LogP contribution in [-0.4, -0.2) is 69.0 Å². The Balaban J connectivity index is 2.09. The fourth-order valence-electron chi connectivity index (χ4n) is 2.96. The van der Waals surface area contributed by atoms with Crippen LogP contribution in [0.1, 0.15) is 39.0 Å². The predicted molar refractivity (Wildman–Crippen MR) is 83.4 cm³/mol. The smallest absolute Gasteiger partial charge is 0.282 e. The number of likely N-dealkylation sites (N-methyl/N-ethyl adjacent to an activating group) is 1. The zero-order chi connectivity index (χ0) is 15.3. The van der Waals surface area contributed by atoms with Gasteiger partial charge in [-0.1, -0.05) is 13.3 Å². The monoisotopic (exact) mass is 319 g/mol. The Bertz CT molecular complexity index is 412. The number of nitrogens with one attached hydrogen (secondary N) is 1. The van der Waals surface area contributed by atoms with Crippen molar-refractivity contribution < 1.29 is 13.2 Å². The Morgan fingerprint density at radius 1 is 1.29 bits per heavy atom. The third-order valence-corrected chi connectivity index (χ3v) is 6.41. The third kappa shape index (κ3) is 4.39. The summed E-state index contributed by atoms with van der Waals surface area (Å²) in [5.41, 5.74) is 0. The van der Waals surface area contributed by atoms with Gasteiger partial charge in [0.25, 0.3) is 10.2 Å². The molecule has 21 heavy (non-hydrogen) atoms. The molecule has 2 rings (SSSR count). The van der Waals surface area contributed by atoms with Gasteiger partial charge in [-0.3, -0.25) is 0 Å². The molecule has 0 radical (unpaired) electrons. The molecule has 2 aliphatic rings. The van der Waals surface area contributed by atoms with Crippen LogP contribution in [0.2, 0.25) is 0 Å². The van der Waals surface area contributed by atoms with E-state index in [-0.39, 0.29) is 12.1 Å². The Kier molecular flexibility index (Phi) is 6.43. The minimum absolute atomic E-state index is 0.0903. The average molecular weight is 319 g/mol. The molecule has 6 nitrogen and oxygen atoms in total. The molecule has 1 aliphatic carbocycles. The maximum atomic E-state index is 13.0. The van der Waals surface area contributed by atoms with Crippen molar-refractivity contribution in [1.82, 2.24) is 13.9 Å². The van der Waals surface area contributed by atoms with Crippen LogP contribution >= 0.6 is 0 Å². The zero-order valence-electron chi connectivity index (χ0n) is 13.3. The lowest BCUT2D eigenvalue weighted by molar-refractivity contribution is 0.167. The van der Waals surface area contributed by atoms with E-state index >= 15 is 0 Å². The molecule has 1 N–H and O–H groups in total. The van der Waals surface area contributed by atoms with E-state index in [1.54, 1.807) is 15.7 Å². The highest BCUT2D eigenvalue weighted by atomic mass is 32.2. The fraction of sp³-hybridized carbons (Fsp3) is 1.00. The topological polar surface area (TPSA) is 61.9 Å². The number of rotatable bonds is 9. The molecule has 0 spiro atoms. The van der Waals surface area contributed by atoms with Crippen molar-refractivity contribution in [3.05, 3.63) is 0 Å². The minimum atomic E-state index is -3.37. The quantitative estimate of drug-likeness (QED) is 0.683. The molecule has 2 fully saturated rings. The molecule has 7 heteroatoms. The molecule has 0 aromatic rings. The van der Waals surface area contributed by atoms with Crippen LogP contribution in [0, 0.1) is 0 Å². The van der Waals surface area contributed by atoms with E-state index in [0.717, 1.165) is 45.2 Å². The number of hydrogen-bond acceptors (Lipinski definition) is 4. The van der Waals surface area contributed by atoms with Crippen LogP contribution in [0.3, 0.4) is 0 Å². The third-order valence-electron chi connectivity index (χ3n) is 4.27. The van der Waals surface area contributed by atoms with E-state index in [1.165, 1.54) is 0 Å². The van der Waals surface area contributed by atoms with Crippen LogP contribution in [0.4, 0.5) is 0 Å². The Hall–Kier alpha value is -0.210. The van der Waals surface area contributed by atoms with Gasteiger partial charge in [0, 0.05) is 38.8 Å². The van der Waals surface area contributed by atoms with E-state index in [0.29, 0.717) is 19.7 Å². The molecule has 0 aromatic heterocycles. The lowest BCUT2D eigenvalue weighted by Gasteiger charge is -2.38. The molecule has 1 unspecified atom stereocenters. The first kappa shape index (κ1) is 17.1. The maximum Gasteiger partial charge on any atom is 0.282 e. The summed E-state index contributed by atoms with van der Waals surface area (Å²) >= 11 is 0. The van der Waals surface area contributed by atoms with Gasteiger partial charge in [0.1, 0.15) is 0 Å². The molecule has 1 heterocycles. The second-order valence-corrected chi connectivity index (χ2v) is 7.74. The summed E-state index contributed by atoms with van der Waals surface area (Å²) in [6.45, 7) is 5.25. The van der Waals surface area contributed by atoms with Crippen molar-refractivity contribution in [1.29, 1.82) is 0 Å². The fourth-order valence-corrected chi connectivity index (χ4v) is 5.04. The van der Waals surface area contributed by atoms with Crippen LogP contribution in [0.15, 0.2) is 0 Å². The lowest BCUT2D eigenvalue weighted by atomic mass is 10.1. The van der Waals surface area contributed by atoms with Gasteiger partial charge in [0.2, 0.25) is 0 Å². The zero-order valence-corrected chi connectivity index (χ0v) is 14.1. The SMILES string of the molecule is CCNCC1CCCCN1S(=O)(=O)N(CCOC)C1CC1. The molecule has 1 aliphatic heterocycles. The minimum Gasteiger partial charge on any atom is -0.383 e. The summed E-state index contributed by atoms with van der Waals surface area (Å²) < 4.78 is 34.5. The summed E-state index contributed by atoms with van der Waals surface area (Å²) in [6, 6.07) is 0.277. The van der Waals surface area contributed by atoms with Crippen LogP contribution in [-0.2, 0) is 14.9 Å². The molecule has 1 saturated carbocycles. The number of piperidine rings is 1. The molecule has 0 bridgehead atoms. The Labute approximate surface area is 129 Å². The van der Waals surface area contributed by atoms with Gasteiger partial charge in [-0.25, -0.2) is 0 Å².